The Bertz CT molecular complexity index is 1220. The summed E-state index contributed by atoms with van der Waals surface area (Å²) in [6.45, 7) is 6.41. The number of ether oxygens (including phenoxy) is 1. The highest BCUT2D eigenvalue weighted by Gasteiger charge is 2.35. The van der Waals surface area contributed by atoms with Crippen LogP contribution in [-0.2, 0) is 9.53 Å². The lowest BCUT2D eigenvalue weighted by Crippen LogP contribution is -2.32. The van der Waals surface area contributed by atoms with Gasteiger partial charge in [0.05, 0.1) is 11.3 Å². The van der Waals surface area contributed by atoms with Crippen LogP contribution in [0.1, 0.15) is 25.0 Å². The molecule has 1 unspecified atom stereocenters. The second-order valence-electron chi connectivity index (χ2n) is 8.22. The molecule has 0 aliphatic carbocycles. The Morgan fingerprint density at radius 2 is 2.12 bits per heavy atom. The van der Waals surface area contributed by atoms with Crippen LogP contribution in [0.4, 0.5) is 20.7 Å². The standard InChI is InChI=1S/C24H24FN5O3/c1-13-20(15-5-6-26-19(11-15)27-7-9-30-10-8-28-24(30)32)14(2)33-22(13)21-17-4-3-16(25)12-18(17)29-23(21)31/h3-6,11-12,14H,7-10H2,1-2H3,(H,26,27)(H,28,32)(H,29,31). The molecule has 3 amide bonds. The van der Waals surface area contributed by atoms with Crippen LogP contribution in [0, 0.1) is 5.82 Å². The number of nitrogens with one attached hydrogen (secondary N) is 3. The summed E-state index contributed by atoms with van der Waals surface area (Å²) in [6.07, 6.45) is 1.45. The fourth-order valence-corrected chi connectivity index (χ4v) is 4.56. The summed E-state index contributed by atoms with van der Waals surface area (Å²) in [7, 11) is 0. The quantitative estimate of drug-likeness (QED) is 0.610. The number of anilines is 2. The van der Waals surface area contributed by atoms with Gasteiger partial charge < -0.3 is 25.6 Å². The van der Waals surface area contributed by atoms with Gasteiger partial charge in [-0.3, -0.25) is 4.79 Å². The number of halogens is 1. The molecule has 0 bridgehead atoms. The zero-order valence-corrected chi connectivity index (χ0v) is 18.4. The Balaban J connectivity index is 1.42. The first-order valence-corrected chi connectivity index (χ1v) is 10.9. The number of pyridine rings is 1. The van der Waals surface area contributed by atoms with E-state index < -0.39 is 5.82 Å². The molecular weight excluding hydrogens is 425 g/mol. The Hall–Kier alpha value is -3.88. The molecule has 8 nitrogen and oxygen atoms in total. The second-order valence-corrected chi connectivity index (χ2v) is 8.22. The molecule has 33 heavy (non-hydrogen) atoms. The Labute approximate surface area is 190 Å². The molecule has 9 heteroatoms. The minimum atomic E-state index is -0.406. The van der Waals surface area contributed by atoms with Gasteiger partial charge >= 0.3 is 6.03 Å². The van der Waals surface area contributed by atoms with Crippen molar-refractivity contribution in [3.05, 3.63) is 64.8 Å². The first-order valence-electron chi connectivity index (χ1n) is 10.9. The molecule has 3 aliphatic rings. The van der Waals surface area contributed by atoms with Gasteiger partial charge in [0.2, 0.25) is 0 Å². The van der Waals surface area contributed by atoms with Crippen LogP contribution in [-0.4, -0.2) is 54.1 Å². The summed E-state index contributed by atoms with van der Waals surface area (Å²) in [5, 5.41) is 8.78. The van der Waals surface area contributed by atoms with Crippen LogP contribution >= 0.6 is 0 Å². The van der Waals surface area contributed by atoms with Crippen molar-refractivity contribution in [1.29, 1.82) is 0 Å². The van der Waals surface area contributed by atoms with Crippen molar-refractivity contribution in [1.82, 2.24) is 15.2 Å². The molecule has 3 aliphatic heterocycles. The van der Waals surface area contributed by atoms with Crippen molar-refractivity contribution in [2.24, 2.45) is 0 Å². The largest absolute Gasteiger partial charge is 0.485 e. The van der Waals surface area contributed by atoms with Gasteiger partial charge in [0, 0.05) is 43.5 Å². The molecular formula is C24H24FN5O3. The Kier molecular flexibility index (Phi) is 5.24. The number of nitrogens with zero attached hydrogens (tertiary/aromatic N) is 2. The molecule has 3 N–H and O–H groups in total. The summed E-state index contributed by atoms with van der Waals surface area (Å²) < 4.78 is 19.7. The van der Waals surface area contributed by atoms with E-state index in [0.717, 1.165) is 16.7 Å². The van der Waals surface area contributed by atoms with Crippen molar-refractivity contribution in [3.8, 4) is 0 Å². The average molecular weight is 449 g/mol. The summed E-state index contributed by atoms with van der Waals surface area (Å²) in [4.78, 5) is 30.5. The van der Waals surface area contributed by atoms with E-state index in [1.165, 1.54) is 12.1 Å². The normalized spacial score (nSPS) is 21.8. The lowest BCUT2D eigenvalue weighted by atomic mass is 9.96. The van der Waals surface area contributed by atoms with Crippen LogP contribution in [0.25, 0.3) is 11.1 Å². The third-order valence-electron chi connectivity index (χ3n) is 6.10. The van der Waals surface area contributed by atoms with Crippen molar-refractivity contribution >= 4 is 34.6 Å². The third-order valence-corrected chi connectivity index (χ3v) is 6.10. The Morgan fingerprint density at radius 3 is 2.91 bits per heavy atom. The smallest absolute Gasteiger partial charge is 0.317 e. The number of rotatable bonds is 5. The summed E-state index contributed by atoms with van der Waals surface area (Å²) >= 11 is 0. The van der Waals surface area contributed by atoms with Gasteiger partial charge in [0.25, 0.3) is 5.91 Å². The van der Waals surface area contributed by atoms with Crippen molar-refractivity contribution in [3.63, 3.8) is 0 Å². The maximum atomic E-state index is 13.6. The molecule has 1 fully saturated rings. The highest BCUT2D eigenvalue weighted by molar-refractivity contribution is 6.32. The second kappa shape index (κ2) is 8.23. The molecule has 170 valence electrons. The van der Waals surface area contributed by atoms with Crippen LogP contribution in [0.5, 0.6) is 0 Å². The maximum absolute atomic E-state index is 13.6. The molecule has 1 atom stereocenters. The topological polar surface area (TPSA) is 95.6 Å². The molecule has 5 rings (SSSR count). The van der Waals surface area contributed by atoms with E-state index in [4.69, 9.17) is 4.74 Å². The van der Waals surface area contributed by atoms with E-state index in [2.05, 4.69) is 20.9 Å². The van der Waals surface area contributed by atoms with Gasteiger partial charge in [-0.15, -0.1) is 0 Å². The first-order chi connectivity index (χ1) is 15.9. The number of fused-ring (bicyclic) bond motifs is 1. The molecule has 4 heterocycles. The predicted molar refractivity (Wildman–Crippen MR) is 123 cm³/mol. The van der Waals surface area contributed by atoms with Gasteiger partial charge in [-0.05, 0) is 55.3 Å². The Morgan fingerprint density at radius 1 is 1.27 bits per heavy atom. The lowest BCUT2D eigenvalue weighted by molar-refractivity contribution is -0.110. The van der Waals surface area contributed by atoms with Gasteiger partial charge in [0.15, 0.2) is 0 Å². The lowest BCUT2D eigenvalue weighted by Gasteiger charge is -2.15. The monoisotopic (exact) mass is 449 g/mol. The van der Waals surface area contributed by atoms with E-state index in [0.29, 0.717) is 54.6 Å². The van der Waals surface area contributed by atoms with E-state index >= 15 is 0 Å². The SMILES string of the molecule is CC1=C(c2ccnc(NCCN3CCNC3=O)c2)C(C)OC1=C1C(=O)Nc2cc(F)ccc21. The van der Waals surface area contributed by atoms with Crippen LogP contribution in [0.15, 0.2) is 47.9 Å². The molecule has 2 aromatic rings. The van der Waals surface area contributed by atoms with E-state index in [1.54, 1.807) is 17.2 Å². The number of aromatic nitrogens is 1. The van der Waals surface area contributed by atoms with Gasteiger partial charge in [-0.2, -0.15) is 0 Å². The molecule has 1 aromatic heterocycles. The van der Waals surface area contributed by atoms with Crippen LogP contribution in [0.2, 0.25) is 0 Å². The molecule has 1 aromatic carbocycles. The van der Waals surface area contributed by atoms with Crippen molar-refractivity contribution < 1.29 is 18.7 Å². The summed E-state index contributed by atoms with van der Waals surface area (Å²) in [6, 6.07) is 8.05. The van der Waals surface area contributed by atoms with Crippen LogP contribution < -0.4 is 16.0 Å². The fraction of sp³-hybridized carbons (Fsp3) is 0.292. The highest BCUT2D eigenvalue weighted by atomic mass is 19.1. The maximum Gasteiger partial charge on any atom is 0.317 e. The van der Waals surface area contributed by atoms with Crippen molar-refractivity contribution in [2.75, 3.05) is 36.8 Å². The van der Waals surface area contributed by atoms with Gasteiger partial charge in [-0.1, -0.05) is 0 Å². The summed E-state index contributed by atoms with van der Waals surface area (Å²) in [5.74, 6) is 0.490. The van der Waals surface area contributed by atoms with E-state index in [9.17, 15) is 14.0 Å². The number of carbonyl (C=O) groups is 2. The average Bonchev–Trinajstić information content (AvgIpc) is 3.42. The van der Waals surface area contributed by atoms with Crippen LogP contribution in [0.3, 0.4) is 0 Å². The number of hydrogen-bond acceptors (Lipinski definition) is 5. The predicted octanol–water partition coefficient (Wildman–Crippen LogP) is 3.21. The zero-order valence-electron chi connectivity index (χ0n) is 18.4. The number of carbonyl (C=O) groups excluding carboxylic acids is 2. The first kappa shape index (κ1) is 21.0. The molecule has 0 radical (unpaired) electrons. The number of benzene rings is 1. The zero-order chi connectivity index (χ0) is 23.1. The number of urea groups is 1. The third kappa shape index (κ3) is 3.79. The summed E-state index contributed by atoms with van der Waals surface area (Å²) in [5.41, 5.74) is 4.25. The van der Waals surface area contributed by atoms with Gasteiger partial charge in [-0.25, -0.2) is 14.2 Å². The number of hydrogen-bond donors (Lipinski definition) is 3. The minimum Gasteiger partial charge on any atom is -0.485 e. The van der Waals surface area contributed by atoms with E-state index in [-0.39, 0.29) is 18.0 Å². The fourth-order valence-electron chi connectivity index (χ4n) is 4.56. The van der Waals surface area contributed by atoms with Crippen molar-refractivity contribution in [2.45, 2.75) is 20.0 Å². The van der Waals surface area contributed by atoms with Gasteiger partial charge in [0.1, 0.15) is 23.5 Å². The van der Waals surface area contributed by atoms with E-state index in [1.807, 2.05) is 26.0 Å². The highest BCUT2D eigenvalue weighted by Crippen LogP contribution is 2.44. The molecule has 0 spiro atoms. The molecule has 0 saturated carbocycles. The number of allylic oxidation sites excluding steroid dienone is 1. The number of amides is 3. The molecule has 1 saturated heterocycles. The minimum absolute atomic E-state index is 0.0444.